The third-order valence-corrected chi connectivity index (χ3v) is 7.86. The zero-order valence-corrected chi connectivity index (χ0v) is 21.2. The van der Waals surface area contributed by atoms with E-state index < -0.39 is 19.2 Å². The van der Waals surface area contributed by atoms with Gasteiger partial charge in [-0.15, -0.1) is 0 Å². The molecule has 0 aromatic heterocycles. The van der Waals surface area contributed by atoms with E-state index in [-0.39, 0.29) is 19.8 Å². The van der Waals surface area contributed by atoms with Crippen LogP contribution in [0.2, 0.25) is 0 Å². The van der Waals surface area contributed by atoms with E-state index in [1.807, 2.05) is 0 Å². The van der Waals surface area contributed by atoms with E-state index in [1.54, 1.807) is 20.8 Å². The fourth-order valence-corrected chi connectivity index (χ4v) is 5.74. The summed E-state index contributed by atoms with van der Waals surface area (Å²) in [7, 11) is -3.48. The molecule has 6 heteroatoms. The minimum absolute atomic E-state index is 0.256. The molecule has 180 valence electrons. The lowest BCUT2D eigenvalue weighted by atomic mass is 10.0. The highest BCUT2D eigenvalue weighted by Crippen LogP contribution is 2.55. The highest BCUT2D eigenvalue weighted by Gasteiger charge is 2.41. The van der Waals surface area contributed by atoms with Crippen LogP contribution in [0.4, 0.5) is 0 Å². The number of carbonyl (C=O) groups is 1. The van der Waals surface area contributed by atoms with Gasteiger partial charge in [-0.1, -0.05) is 96.8 Å². The fraction of sp³-hybridized carbons (Fsp3) is 0.958. The first-order valence-corrected chi connectivity index (χ1v) is 14.2. The van der Waals surface area contributed by atoms with Crippen LogP contribution in [0.5, 0.6) is 0 Å². The second-order valence-electron chi connectivity index (χ2n) is 8.03. The largest absolute Gasteiger partial charge is 0.465 e. The maximum Gasteiger partial charge on any atom is 0.344 e. The van der Waals surface area contributed by atoms with Crippen molar-refractivity contribution in [3.05, 3.63) is 0 Å². The number of ether oxygens (including phenoxy) is 1. The molecule has 30 heavy (non-hydrogen) atoms. The van der Waals surface area contributed by atoms with Gasteiger partial charge in [0.15, 0.2) is 5.66 Å². The second-order valence-corrected chi connectivity index (χ2v) is 10.2. The lowest BCUT2D eigenvalue weighted by Gasteiger charge is -2.24. The van der Waals surface area contributed by atoms with E-state index in [9.17, 15) is 9.36 Å². The zero-order valence-electron chi connectivity index (χ0n) is 20.3. The van der Waals surface area contributed by atoms with Gasteiger partial charge in [0.05, 0.1) is 19.8 Å². The molecule has 0 aromatic carbocycles. The molecule has 1 unspecified atom stereocenters. The predicted molar refractivity (Wildman–Crippen MR) is 126 cm³/mol. The summed E-state index contributed by atoms with van der Waals surface area (Å²) >= 11 is 0. The highest BCUT2D eigenvalue weighted by atomic mass is 31.2. The van der Waals surface area contributed by atoms with Gasteiger partial charge in [0.1, 0.15) is 0 Å². The normalized spacial score (nSPS) is 12.8. The van der Waals surface area contributed by atoms with Gasteiger partial charge in [-0.3, -0.25) is 9.36 Å². The summed E-state index contributed by atoms with van der Waals surface area (Å²) < 4.78 is 29.0. The van der Waals surface area contributed by atoms with Gasteiger partial charge in [0.2, 0.25) is 0 Å². The lowest BCUT2D eigenvalue weighted by Crippen LogP contribution is -2.26. The Hall–Kier alpha value is -0.380. The molecule has 0 saturated carbocycles. The molecule has 1 atom stereocenters. The first-order chi connectivity index (χ1) is 14.6. The molecule has 0 aliphatic heterocycles. The quantitative estimate of drug-likeness (QED) is 0.0952. The third-order valence-electron chi connectivity index (χ3n) is 5.39. The van der Waals surface area contributed by atoms with Crippen LogP contribution >= 0.6 is 7.60 Å². The van der Waals surface area contributed by atoms with Crippen LogP contribution < -0.4 is 0 Å². The molecule has 0 spiro atoms. The summed E-state index contributed by atoms with van der Waals surface area (Å²) in [5, 5.41) is 0. The maximum absolute atomic E-state index is 13.0. The first-order valence-electron chi connectivity index (χ1n) is 12.6. The van der Waals surface area contributed by atoms with E-state index in [0.717, 1.165) is 19.3 Å². The lowest BCUT2D eigenvalue weighted by molar-refractivity contribution is -0.143. The van der Waals surface area contributed by atoms with Crippen molar-refractivity contribution in [1.82, 2.24) is 0 Å². The van der Waals surface area contributed by atoms with Crippen molar-refractivity contribution >= 4 is 13.6 Å². The maximum atomic E-state index is 13.0. The van der Waals surface area contributed by atoms with Gasteiger partial charge in [-0.05, 0) is 27.2 Å². The Balaban J connectivity index is 3.98. The summed E-state index contributed by atoms with van der Waals surface area (Å²) in [6.07, 6.45) is 18.4. The van der Waals surface area contributed by atoms with Crippen LogP contribution in [0.15, 0.2) is 0 Å². The minimum Gasteiger partial charge on any atom is -0.465 e. The molecule has 0 saturated heterocycles. The molecule has 0 heterocycles. The van der Waals surface area contributed by atoms with E-state index in [1.165, 1.54) is 70.6 Å². The van der Waals surface area contributed by atoms with Crippen molar-refractivity contribution in [3.8, 4) is 0 Å². The predicted octanol–water partition coefficient (Wildman–Crippen LogP) is 8.06. The van der Waals surface area contributed by atoms with Crippen LogP contribution in [-0.4, -0.2) is 31.4 Å². The Kier molecular flexibility index (Phi) is 20.3. The molecule has 0 fully saturated rings. The standard InChI is InChI=1S/C24H49O5P/c1-5-9-10-11-12-13-14-15-16-17-18-19-20-21-22-23(24(25)27-6-2)30(26,28-7-3)29-8-4/h23H,5-22H2,1-4H3. The Morgan fingerprint density at radius 2 is 1.03 bits per heavy atom. The van der Waals surface area contributed by atoms with E-state index in [4.69, 9.17) is 13.8 Å². The molecule has 0 rings (SSSR count). The van der Waals surface area contributed by atoms with E-state index in [2.05, 4.69) is 6.92 Å². The van der Waals surface area contributed by atoms with Crippen molar-refractivity contribution < 1.29 is 23.1 Å². The van der Waals surface area contributed by atoms with Crippen molar-refractivity contribution in [3.63, 3.8) is 0 Å². The summed E-state index contributed by atoms with van der Waals surface area (Å²) in [6, 6.07) is 0. The smallest absolute Gasteiger partial charge is 0.344 e. The number of esters is 1. The van der Waals surface area contributed by atoms with E-state index >= 15 is 0 Å². The molecule has 5 nitrogen and oxygen atoms in total. The number of hydrogen-bond donors (Lipinski definition) is 0. The number of carbonyl (C=O) groups excluding carboxylic acids is 1. The number of hydrogen-bond acceptors (Lipinski definition) is 5. The summed E-state index contributed by atoms with van der Waals surface area (Å²) in [4.78, 5) is 12.4. The number of unbranched alkanes of at least 4 members (excludes halogenated alkanes) is 13. The summed E-state index contributed by atoms with van der Waals surface area (Å²) in [5.41, 5.74) is -0.810. The van der Waals surface area contributed by atoms with Crippen LogP contribution in [-0.2, 0) is 23.1 Å². The van der Waals surface area contributed by atoms with Crippen LogP contribution in [0.1, 0.15) is 124 Å². The third kappa shape index (κ3) is 14.6. The van der Waals surface area contributed by atoms with Gasteiger partial charge in [-0.2, -0.15) is 0 Å². The SMILES string of the molecule is CCCCCCCCCCCCCCCCC(C(=O)OCC)P(=O)(OCC)OCC. The summed E-state index contributed by atoms with van der Waals surface area (Å²) in [5.74, 6) is -0.461. The molecule has 0 aliphatic carbocycles. The Morgan fingerprint density at radius 1 is 0.633 bits per heavy atom. The molecule has 0 aliphatic rings. The average molecular weight is 449 g/mol. The average Bonchev–Trinajstić information content (AvgIpc) is 2.71. The summed E-state index contributed by atoms with van der Waals surface area (Å²) in [6.45, 7) is 8.33. The highest BCUT2D eigenvalue weighted by molar-refractivity contribution is 7.55. The Morgan fingerprint density at radius 3 is 1.40 bits per heavy atom. The number of rotatable bonds is 22. The van der Waals surface area contributed by atoms with Crippen LogP contribution in [0.3, 0.4) is 0 Å². The van der Waals surface area contributed by atoms with Crippen molar-refractivity contribution in [2.24, 2.45) is 0 Å². The van der Waals surface area contributed by atoms with Crippen molar-refractivity contribution in [1.29, 1.82) is 0 Å². The van der Waals surface area contributed by atoms with Crippen LogP contribution in [0.25, 0.3) is 0 Å². The molecular weight excluding hydrogens is 399 g/mol. The fourth-order valence-electron chi connectivity index (χ4n) is 3.75. The van der Waals surface area contributed by atoms with E-state index in [0.29, 0.717) is 6.42 Å². The first kappa shape index (κ1) is 29.6. The van der Waals surface area contributed by atoms with Gasteiger partial charge >= 0.3 is 13.6 Å². The molecular formula is C24H49O5P. The molecule has 0 aromatic rings. The Labute approximate surface area is 186 Å². The molecule has 0 N–H and O–H groups in total. The molecule has 0 radical (unpaired) electrons. The van der Waals surface area contributed by atoms with Gasteiger partial charge in [0, 0.05) is 0 Å². The zero-order chi connectivity index (χ0) is 22.5. The van der Waals surface area contributed by atoms with Gasteiger partial charge in [-0.25, -0.2) is 0 Å². The van der Waals surface area contributed by atoms with Crippen molar-refractivity contribution in [2.45, 2.75) is 130 Å². The van der Waals surface area contributed by atoms with Gasteiger partial charge < -0.3 is 13.8 Å². The van der Waals surface area contributed by atoms with Crippen molar-refractivity contribution in [2.75, 3.05) is 19.8 Å². The topological polar surface area (TPSA) is 61.8 Å². The van der Waals surface area contributed by atoms with Crippen LogP contribution in [0, 0.1) is 0 Å². The second kappa shape index (κ2) is 20.5. The molecule has 0 amide bonds. The monoisotopic (exact) mass is 448 g/mol. The Bertz CT molecular complexity index is 431. The van der Waals surface area contributed by atoms with Gasteiger partial charge in [0.25, 0.3) is 0 Å². The molecule has 0 bridgehead atoms. The minimum atomic E-state index is -3.48.